The first-order valence-corrected chi connectivity index (χ1v) is 5.76. The summed E-state index contributed by atoms with van der Waals surface area (Å²) in [6, 6.07) is 0.195. The minimum Gasteiger partial charge on any atom is -0.353 e. The normalized spacial score (nSPS) is 13.3. The molecule has 4 nitrogen and oxygen atoms in total. The number of nitrogens with two attached hydrogens (primary N) is 1. The average molecular weight is 288 g/mol. The van der Waals surface area contributed by atoms with Crippen LogP contribution in [0.25, 0.3) is 0 Å². The van der Waals surface area contributed by atoms with Crippen molar-refractivity contribution in [3.05, 3.63) is 0 Å². The van der Waals surface area contributed by atoms with Crippen LogP contribution in [0.2, 0.25) is 0 Å². The van der Waals surface area contributed by atoms with Gasteiger partial charge in [0.1, 0.15) is 0 Å². The van der Waals surface area contributed by atoms with Crippen molar-refractivity contribution in [2.75, 3.05) is 20.1 Å². The number of nitrogens with one attached hydrogen (secondary N) is 1. The van der Waals surface area contributed by atoms with Crippen LogP contribution in [0.3, 0.4) is 0 Å². The molecular weight excluding hydrogens is 261 g/mol. The Morgan fingerprint density at radius 3 is 2.24 bits per heavy atom. The summed E-state index contributed by atoms with van der Waals surface area (Å²) in [6.07, 6.45) is 1.81. The summed E-state index contributed by atoms with van der Waals surface area (Å²) in [5.41, 5.74) is 5.59. The third-order valence-corrected chi connectivity index (χ3v) is 2.88. The Kier molecular flexibility index (Phi) is 16.2. The molecule has 2 atom stereocenters. The lowest BCUT2D eigenvalue weighted by molar-refractivity contribution is -0.122. The first-order valence-electron chi connectivity index (χ1n) is 5.76. The highest BCUT2D eigenvalue weighted by Crippen LogP contribution is 1.98. The second-order valence-electron chi connectivity index (χ2n) is 4.04. The van der Waals surface area contributed by atoms with Crippen molar-refractivity contribution >= 4 is 30.7 Å². The number of carbonyl (C=O) groups is 1. The number of nitrogens with zero attached hydrogens (tertiary/aromatic N) is 1. The molecule has 1 unspecified atom stereocenters. The van der Waals surface area contributed by atoms with E-state index in [9.17, 15) is 4.79 Å². The number of hydrogen-bond acceptors (Lipinski definition) is 3. The molecule has 0 aliphatic rings. The highest BCUT2D eigenvalue weighted by atomic mass is 35.5. The van der Waals surface area contributed by atoms with Crippen molar-refractivity contribution < 1.29 is 4.79 Å². The lowest BCUT2D eigenvalue weighted by Crippen LogP contribution is -2.43. The molecule has 106 valence electrons. The second kappa shape index (κ2) is 12.4. The van der Waals surface area contributed by atoms with Crippen LogP contribution in [0.15, 0.2) is 0 Å². The van der Waals surface area contributed by atoms with E-state index in [4.69, 9.17) is 5.73 Å². The van der Waals surface area contributed by atoms with E-state index in [1.54, 1.807) is 0 Å². The van der Waals surface area contributed by atoms with Gasteiger partial charge in [0.15, 0.2) is 0 Å². The molecule has 0 aromatic heterocycles. The molecule has 0 aromatic carbocycles. The second-order valence-corrected chi connectivity index (χ2v) is 4.04. The van der Waals surface area contributed by atoms with E-state index in [-0.39, 0.29) is 36.8 Å². The van der Waals surface area contributed by atoms with Gasteiger partial charge in [0.05, 0.1) is 6.04 Å². The van der Waals surface area contributed by atoms with Crippen LogP contribution < -0.4 is 11.1 Å². The Morgan fingerprint density at radius 2 is 1.82 bits per heavy atom. The molecule has 0 aliphatic heterocycles. The largest absolute Gasteiger partial charge is 0.353 e. The molecule has 1 amide bonds. The summed E-state index contributed by atoms with van der Waals surface area (Å²) in [5, 5.41) is 2.84. The van der Waals surface area contributed by atoms with Gasteiger partial charge in [-0.1, -0.05) is 13.8 Å². The van der Waals surface area contributed by atoms with Crippen molar-refractivity contribution in [1.82, 2.24) is 10.2 Å². The van der Waals surface area contributed by atoms with Crippen molar-refractivity contribution in [2.45, 2.75) is 45.7 Å². The predicted molar refractivity (Wildman–Crippen MR) is 78.2 cm³/mol. The van der Waals surface area contributed by atoms with Gasteiger partial charge >= 0.3 is 0 Å². The minimum absolute atomic E-state index is 0. The SMILES string of the molecule is CCC(C)N(C)CCNC(=O)[C@@H](N)CC.Cl.Cl. The number of hydrogen-bond donors (Lipinski definition) is 2. The number of amides is 1. The quantitative estimate of drug-likeness (QED) is 0.745. The zero-order valence-corrected chi connectivity index (χ0v) is 12.9. The van der Waals surface area contributed by atoms with Gasteiger partial charge in [-0.25, -0.2) is 0 Å². The monoisotopic (exact) mass is 287 g/mol. The maximum Gasteiger partial charge on any atom is 0.236 e. The Morgan fingerprint density at radius 1 is 1.29 bits per heavy atom. The molecule has 17 heavy (non-hydrogen) atoms. The number of halogens is 2. The molecule has 0 saturated heterocycles. The first-order chi connectivity index (χ1) is 7.02. The molecule has 0 bridgehead atoms. The third kappa shape index (κ3) is 9.65. The molecule has 0 rings (SSSR count). The van der Waals surface area contributed by atoms with Crippen LogP contribution in [0.4, 0.5) is 0 Å². The predicted octanol–water partition coefficient (Wildman–Crippen LogP) is 1.41. The molecule has 6 heteroatoms. The number of rotatable bonds is 7. The highest BCUT2D eigenvalue weighted by Gasteiger charge is 2.11. The fraction of sp³-hybridized carbons (Fsp3) is 0.909. The van der Waals surface area contributed by atoms with Crippen LogP contribution in [-0.2, 0) is 4.79 Å². The maximum absolute atomic E-state index is 11.3. The molecule has 0 fully saturated rings. The van der Waals surface area contributed by atoms with Gasteiger partial charge in [-0.05, 0) is 26.8 Å². The summed E-state index contributed by atoms with van der Waals surface area (Å²) < 4.78 is 0. The van der Waals surface area contributed by atoms with Crippen LogP contribution in [0.5, 0.6) is 0 Å². The summed E-state index contributed by atoms with van der Waals surface area (Å²) in [5.74, 6) is -0.0462. The molecular formula is C11H27Cl2N3O. The Hall–Kier alpha value is -0.0300. The Balaban J connectivity index is -0.000000980. The van der Waals surface area contributed by atoms with Gasteiger partial charge in [0.25, 0.3) is 0 Å². The zero-order valence-electron chi connectivity index (χ0n) is 11.2. The minimum atomic E-state index is -0.362. The van der Waals surface area contributed by atoms with Crippen molar-refractivity contribution in [1.29, 1.82) is 0 Å². The fourth-order valence-corrected chi connectivity index (χ4v) is 1.20. The zero-order chi connectivity index (χ0) is 11.8. The molecule has 0 aliphatic carbocycles. The fourth-order valence-electron chi connectivity index (χ4n) is 1.20. The van der Waals surface area contributed by atoms with Gasteiger partial charge < -0.3 is 16.0 Å². The van der Waals surface area contributed by atoms with Crippen LogP contribution in [0, 0.1) is 0 Å². The van der Waals surface area contributed by atoms with E-state index in [2.05, 4.69) is 31.1 Å². The maximum atomic E-state index is 11.3. The van der Waals surface area contributed by atoms with Gasteiger partial charge in [-0.15, -0.1) is 24.8 Å². The van der Waals surface area contributed by atoms with Crippen molar-refractivity contribution in [2.24, 2.45) is 5.73 Å². The van der Waals surface area contributed by atoms with Crippen molar-refractivity contribution in [3.63, 3.8) is 0 Å². The number of carbonyl (C=O) groups excluding carboxylic acids is 1. The Bertz CT molecular complexity index is 194. The van der Waals surface area contributed by atoms with Gasteiger partial charge in [-0.2, -0.15) is 0 Å². The molecule has 0 radical (unpaired) electrons. The standard InChI is InChI=1S/C11H25N3O.2ClH/c1-5-9(3)14(4)8-7-13-11(15)10(12)6-2;;/h9-10H,5-8,12H2,1-4H3,(H,13,15);2*1H/t9?,10-;;/m0../s1. The van der Waals surface area contributed by atoms with E-state index in [0.717, 1.165) is 13.0 Å². The van der Waals surface area contributed by atoms with Crippen LogP contribution >= 0.6 is 24.8 Å². The van der Waals surface area contributed by atoms with E-state index in [1.165, 1.54) is 0 Å². The molecule has 3 N–H and O–H groups in total. The number of likely N-dealkylation sites (N-methyl/N-ethyl adjacent to an activating group) is 1. The summed E-state index contributed by atoms with van der Waals surface area (Å²) >= 11 is 0. The van der Waals surface area contributed by atoms with Crippen molar-refractivity contribution in [3.8, 4) is 0 Å². The molecule has 0 heterocycles. The molecule has 0 saturated carbocycles. The van der Waals surface area contributed by atoms with E-state index >= 15 is 0 Å². The average Bonchev–Trinajstić information content (AvgIpc) is 2.26. The van der Waals surface area contributed by atoms with E-state index in [1.807, 2.05) is 6.92 Å². The van der Waals surface area contributed by atoms with E-state index < -0.39 is 0 Å². The van der Waals surface area contributed by atoms with E-state index in [0.29, 0.717) is 19.0 Å². The Labute approximate surface area is 118 Å². The van der Waals surface area contributed by atoms with Gasteiger partial charge in [0.2, 0.25) is 5.91 Å². The summed E-state index contributed by atoms with van der Waals surface area (Å²) in [4.78, 5) is 13.6. The van der Waals surface area contributed by atoms with Crippen LogP contribution in [-0.4, -0.2) is 43.0 Å². The summed E-state index contributed by atoms with van der Waals surface area (Å²) in [7, 11) is 2.07. The lowest BCUT2D eigenvalue weighted by atomic mass is 10.2. The lowest BCUT2D eigenvalue weighted by Gasteiger charge is -2.23. The van der Waals surface area contributed by atoms with Crippen LogP contribution in [0.1, 0.15) is 33.6 Å². The first kappa shape index (κ1) is 22.2. The topological polar surface area (TPSA) is 58.4 Å². The third-order valence-electron chi connectivity index (χ3n) is 2.88. The van der Waals surface area contributed by atoms with Gasteiger partial charge in [-0.3, -0.25) is 4.79 Å². The smallest absolute Gasteiger partial charge is 0.236 e. The highest BCUT2D eigenvalue weighted by molar-refractivity contribution is 5.85. The summed E-state index contributed by atoms with van der Waals surface area (Å²) in [6.45, 7) is 7.80. The molecule has 0 aromatic rings. The van der Waals surface area contributed by atoms with Gasteiger partial charge in [0, 0.05) is 19.1 Å². The molecule has 0 spiro atoms.